The Morgan fingerprint density at radius 1 is 1.29 bits per heavy atom. The summed E-state index contributed by atoms with van der Waals surface area (Å²) >= 11 is 0. The lowest BCUT2D eigenvalue weighted by Gasteiger charge is -2.50. The van der Waals surface area contributed by atoms with Gasteiger partial charge in [-0.2, -0.15) is 0 Å². The molecule has 3 aliphatic heterocycles. The maximum atomic E-state index is 13.3. The van der Waals surface area contributed by atoms with E-state index in [4.69, 9.17) is 9.47 Å². The molecule has 1 N–H and O–H groups in total. The number of nitrogens with one attached hydrogen (secondary N) is 1. The molecule has 4 heterocycles. The molecule has 1 aromatic heterocycles. The second-order valence-electron chi connectivity index (χ2n) is 8.97. The first-order valence-corrected chi connectivity index (χ1v) is 10.2. The molecule has 8 heteroatoms. The molecule has 0 bridgehead atoms. The van der Waals surface area contributed by atoms with E-state index in [9.17, 15) is 9.59 Å². The molecule has 3 aliphatic rings. The molecule has 0 aliphatic carbocycles. The summed E-state index contributed by atoms with van der Waals surface area (Å²) in [4.78, 5) is 37.3. The molecule has 154 valence electrons. The predicted molar refractivity (Wildman–Crippen MR) is 102 cm³/mol. The summed E-state index contributed by atoms with van der Waals surface area (Å²) in [6.07, 6.45) is 4.86. The predicted octanol–water partition coefficient (Wildman–Crippen LogP) is 2.20. The first-order valence-electron chi connectivity index (χ1n) is 10.2. The van der Waals surface area contributed by atoms with E-state index in [2.05, 4.69) is 9.97 Å². The van der Waals surface area contributed by atoms with Crippen LogP contribution in [0.3, 0.4) is 0 Å². The smallest absolute Gasteiger partial charge is 0.410 e. The number of carbonyl (C=O) groups is 2. The fourth-order valence-electron chi connectivity index (χ4n) is 4.64. The van der Waals surface area contributed by atoms with E-state index < -0.39 is 11.1 Å². The number of nitrogens with zero attached hydrogens (tertiary/aromatic N) is 3. The van der Waals surface area contributed by atoms with E-state index >= 15 is 0 Å². The van der Waals surface area contributed by atoms with Crippen LogP contribution < -0.4 is 0 Å². The Labute approximate surface area is 165 Å². The summed E-state index contributed by atoms with van der Waals surface area (Å²) in [5.41, 5.74) is 1.06. The van der Waals surface area contributed by atoms with Gasteiger partial charge in [-0.05, 0) is 46.5 Å². The van der Waals surface area contributed by atoms with Crippen molar-refractivity contribution in [3.8, 4) is 0 Å². The van der Waals surface area contributed by atoms with Crippen LogP contribution in [0.5, 0.6) is 0 Å². The molecule has 0 unspecified atom stereocenters. The molecule has 1 atom stereocenters. The molecular weight excluding hydrogens is 360 g/mol. The SMILES string of the molecule is CC(C)(C)OC(=O)N1CCC2(CC1)c1nc[nH]c1CCN2C(=O)[C@@H]1CCCO1. The van der Waals surface area contributed by atoms with Crippen LogP contribution in [0.15, 0.2) is 6.33 Å². The van der Waals surface area contributed by atoms with Gasteiger partial charge in [-0.1, -0.05) is 0 Å². The highest BCUT2D eigenvalue weighted by Gasteiger charge is 2.50. The van der Waals surface area contributed by atoms with Crippen LogP contribution in [0, 0.1) is 0 Å². The average Bonchev–Trinajstić information content (AvgIpc) is 3.33. The van der Waals surface area contributed by atoms with Gasteiger partial charge < -0.3 is 24.3 Å². The molecule has 8 nitrogen and oxygen atoms in total. The number of hydrogen-bond donors (Lipinski definition) is 1. The van der Waals surface area contributed by atoms with Crippen LogP contribution in [0.2, 0.25) is 0 Å². The van der Waals surface area contributed by atoms with Crippen molar-refractivity contribution in [2.24, 2.45) is 0 Å². The zero-order chi connectivity index (χ0) is 19.9. The van der Waals surface area contributed by atoms with Gasteiger partial charge in [0.15, 0.2) is 0 Å². The van der Waals surface area contributed by atoms with E-state index in [1.807, 2.05) is 25.7 Å². The molecule has 1 spiro atoms. The average molecular weight is 390 g/mol. The molecule has 0 saturated carbocycles. The maximum absolute atomic E-state index is 13.3. The van der Waals surface area contributed by atoms with Crippen molar-refractivity contribution < 1.29 is 19.1 Å². The number of piperidine rings is 1. The van der Waals surface area contributed by atoms with Crippen molar-refractivity contribution >= 4 is 12.0 Å². The highest BCUT2D eigenvalue weighted by atomic mass is 16.6. The number of amides is 2. The van der Waals surface area contributed by atoms with E-state index in [0.29, 0.717) is 39.1 Å². The second kappa shape index (κ2) is 7.06. The Hall–Kier alpha value is -2.09. The normalized spacial score (nSPS) is 24.3. The minimum Gasteiger partial charge on any atom is -0.444 e. The third-order valence-electron chi connectivity index (χ3n) is 5.97. The summed E-state index contributed by atoms with van der Waals surface area (Å²) in [6, 6.07) is 0. The standard InChI is InChI=1S/C20H30N4O4/c1-19(2,3)28-18(26)23-10-7-20(8-11-23)16-14(21-13-22-16)6-9-24(20)17(25)15-5-4-12-27-15/h13,15H,4-12H2,1-3H3,(H,21,22)/t15-/m0/s1. The van der Waals surface area contributed by atoms with Crippen molar-refractivity contribution in [3.63, 3.8) is 0 Å². The fraction of sp³-hybridized carbons (Fsp3) is 0.750. The van der Waals surface area contributed by atoms with Gasteiger partial charge in [-0.3, -0.25) is 4.79 Å². The van der Waals surface area contributed by atoms with Crippen LogP contribution in [0.25, 0.3) is 0 Å². The number of aromatic nitrogens is 2. The summed E-state index contributed by atoms with van der Waals surface area (Å²) in [7, 11) is 0. The molecular formula is C20H30N4O4. The zero-order valence-electron chi connectivity index (χ0n) is 17.0. The molecule has 2 saturated heterocycles. The molecule has 28 heavy (non-hydrogen) atoms. The van der Waals surface area contributed by atoms with Crippen LogP contribution in [-0.2, 0) is 26.2 Å². The lowest BCUT2D eigenvalue weighted by atomic mass is 9.78. The first-order chi connectivity index (χ1) is 13.3. The van der Waals surface area contributed by atoms with Crippen LogP contribution in [0.1, 0.15) is 57.8 Å². The number of likely N-dealkylation sites (tertiary alicyclic amines) is 1. The molecule has 0 radical (unpaired) electrons. The summed E-state index contributed by atoms with van der Waals surface area (Å²) in [6.45, 7) is 7.99. The Balaban J connectivity index is 1.56. The molecule has 4 rings (SSSR count). The van der Waals surface area contributed by atoms with Crippen molar-refractivity contribution in [1.29, 1.82) is 0 Å². The summed E-state index contributed by atoms with van der Waals surface area (Å²) < 4.78 is 11.2. The van der Waals surface area contributed by atoms with E-state index in [1.165, 1.54) is 0 Å². The van der Waals surface area contributed by atoms with Crippen molar-refractivity contribution in [1.82, 2.24) is 19.8 Å². The number of H-pyrrole nitrogens is 1. The Kier molecular flexibility index (Phi) is 4.85. The van der Waals surface area contributed by atoms with Gasteiger partial charge >= 0.3 is 6.09 Å². The van der Waals surface area contributed by atoms with Gasteiger partial charge in [0.2, 0.25) is 0 Å². The van der Waals surface area contributed by atoms with Crippen LogP contribution in [-0.4, -0.2) is 69.7 Å². The van der Waals surface area contributed by atoms with Crippen molar-refractivity contribution in [2.45, 2.75) is 70.1 Å². The lowest BCUT2D eigenvalue weighted by molar-refractivity contribution is -0.151. The van der Waals surface area contributed by atoms with Crippen LogP contribution >= 0.6 is 0 Å². The van der Waals surface area contributed by atoms with E-state index in [-0.39, 0.29) is 18.1 Å². The van der Waals surface area contributed by atoms with Crippen molar-refractivity contribution in [3.05, 3.63) is 17.7 Å². The Morgan fingerprint density at radius 2 is 2.04 bits per heavy atom. The van der Waals surface area contributed by atoms with Gasteiger partial charge in [0.1, 0.15) is 11.7 Å². The topological polar surface area (TPSA) is 87.8 Å². The minimum absolute atomic E-state index is 0.0665. The molecule has 2 amide bonds. The van der Waals surface area contributed by atoms with Gasteiger partial charge in [0.05, 0.1) is 17.6 Å². The summed E-state index contributed by atoms with van der Waals surface area (Å²) in [5, 5.41) is 0. The van der Waals surface area contributed by atoms with E-state index in [1.54, 1.807) is 11.2 Å². The first kappa shape index (κ1) is 19.2. The van der Waals surface area contributed by atoms with Gasteiger partial charge in [0, 0.05) is 38.4 Å². The maximum Gasteiger partial charge on any atom is 0.410 e. The molecule has 2 fully saturated rings. The lowest BCUT2D eigenvalue weighted by Crippen LogP contribution is -2.60. The minimum atomic E-state index is -0.520. The number of rotatable bonds is 1. The highest BCUT2D eigenvalue weighted by molar-refractivity contribution is 5.82. The fourth-order valence-corrected chi connectivity index (χ4v) is 4.64. The number of ether oxygens (including phenoxy) is 2. The second-order valence-corrected chi connectivity index (χ2v) is 8.97. The Morgan fingerprint density at radius 3 is 2.68 bits per heavy atom. The van der Waals surface area contributed by atoms with Gasteiger partial charge in [-0.15, -0.1) is 0 Å². The highest BCUT2D eigenvalue weighted by Crippen LogP contribution is 2.43. The largest absolute Gasteiger partial charge is 0.444 e. The van der Waals surface area contributed by atoms with Crippen LogP contribution in [0.4, 0.5) is 4.79 Å². The molecule has 1 aromatic rings. The summed E-state index contributed by atoms with van der Waals surface area (Å²) in [5.74, 6) is 0.0665. The van der Waals surface area contributed by atoms with Gasteiger partial charge in [0.25, 0.3) is 5.91 Å². The van der Waals surface area contributed by atoms with Crippen molar-refractivity contribution in [2.75, 3.05) is 26.2 Å². The zero-order valence-corrected chi connectivity index (χ0v) is 17.0. The Bertz CT molecular complexity index is 740. The molecule has 0 aromatic carbocycles. The van der Waals surface area contributed by atoms with Gasteiger partial charge in [-0.25, -0.2) is 9.78 Å². The quantitative estimate of drug-likeness (QED) is 0.794. The number of aromatic amines is 1. The van der Waals surface area contributed by atoms with E-state index in [0.717, 1.165) is 30.7 Å². The number of imidazole rings is 1. The third kappa shape index (κ3) is 3.38. The number of hydrogen-bond acceptors (Lipinski definition) is 5. The monoisotopic (exact) mass is 390 g/mol. The number of fused-ring (bicyclic) bond motifs is 2. The number of carbonyl (C=O) groups excluding carboxylic acids is 2. The third-order valence-corrected chi connectivity index (χ3v) is 5.97.